The predicted octanol–water partition coefficient (Wildman–Crippen LogP) is 0.968. The van der Waals surface area contributed by atoms with Crippen LogP contribution in [0, 0.1) is 5.92 Å². The van der Waals surface area contributed by atoms with Crippen LogP contribution >= 0.6 is 12.4 Å². The Kier molecular flexibility index (Phi) is 7.82. The molecule has 146 valence electrons. The molecule has 0 aliphatic carbocycles. The van der Waals surface area contributed by atoms with Gasteiger partial charge in [0, 0.05) is 51.8 Å². The number of carbonyl (C=O) groups excluding carboxylic acids is 2. The van der Waals surface area contributed by atoms with Crippen LogP contribution < -0.4 is 16.0 Å². The van der Waals surface area contributed by atoms with E-state index in [1.54, 1.807) is 4.68 Å². The molecule has 0 radical (unpaired) electrons. The molecule has 3 rings (SSSR count). The zero-order valence-electron chi connectivity index (χ0n) is 15.4. The van der Waals surface area contributed by atoms with Crippen LogP contribution in [-0.4, -0.2) is 41.2 Å². The zero-order chi connectivity index (χ0) is 18.4. The van der Waals surface area contributed by atoms with E-state index in [1.807, 2.05) is 49.8 Å². The molecule has 1 aliphatic rings. The Morgan fingerprint density at radius 1 is 1.22 bits per heavy atom. The average Bonchev–Trinajstić information content (AvgIpc) is 3.29. The van der Waals surface area contributed by atoms with Crippen LogP contribution in [0.1, 0.15) is 23.5 Å². The van der Waals surface area contributed by atoms with Crippen LogP contribution in [0.4, 0.5) is 0 Å². The number of rotatable bonds is 7. The summed E-state index contributed by atoms with van der Waals surface area (Å²) in [5.74, 6) is -0.0931. The molecule has 1 aromatic carbocycles. The monoisotopic (exact) mass is 391 g/mol. The van der Waals surface area contributed by atoms with Crippen LogP contribution in [-0.2, 0) is 23.2 Å². The molecule has 2 aromatic rings. The molecular weight excluding hydrogens is 366 g/mol. The van der Waals surface area contributed by atoms with Crippen molar-refractivity contribution in [3.05, 3.63) is 53.9 Å². The molecule has 1 aliphatic heterocycles. The molecule has 2 atom stereocenters. The molecule has 2 heterocycles. The van der Waals surface area contributed by atoms with E-state index >= 15 is 0 Å². The number of amides is 2. The highest BCUT2D eigenvalue weighted by molar-refractivity contribution is 5.85. The second-order valence-corrected chi connectivity index (χ2v) is 6.62. The van der Waals surface area contributed by atoms with Gasteiger partial charge in [-0.3, -0.25) is 14.3 Å². The summed E-state index contributed by atoms with van der Waals surface area (Å²) in [7, 11) is 1.87. The maximum absolute atomic E-state index is 12.5. The van der Waals surface area contributed by atoms with E-state index in [2.05, 4.69) is 21.0 Å². The zero-order valence-corrected chi connectivity index (χ0v) is 16.2. The highest BCUT2D eigenvalue weighted by Gasteiger charge is 2.34. The van der Waals surface area contributed by atoms with Gasteiger partial charge in [-0.05, 0) is 11.1 Å². The fourth-order valence-corrected chi connectivity index (χ4v) is 3.25. The number of halogens is 1. The van der Waals surface area contributed by atoms with Gasteiger partial charge in [0.25, 0.3) is 0 Å². The smallest absolute Gasteiger partial charge is 0.225 e. The Morgan fingerprint density at radius 2 is 2.00 bits per heavy atom. The van der Waals surface area contributed by atoms with Crippen molar-refractivity contribution in [2.24, 2.45) is 13.0 Å². The largest absolute Gasteiger partial charge is 0.355 e. The molecule has 0 bridgehead atoms. The molecule has 0 spiro atoms. The van der Waals surface area contributed by atoms with Gasteiger partial charge < -0.3 is 16.0 Å². The van der Waals surface area contributed by atoms with Crippen molar-refractivity contribution in [3.63, 3.8) is 0 Å². The number of hydrogen-bond acceptors (Lipinski definition) is 4. The molecule has 2 amide bonds. The van der Waals surface area contributed by atoms with Gasteiger partial charge in [0.2, 0.25) is 11.8 Å². The minimum Gasteiger partial charge on any atom is -0.355 e. The van der Waals surface area contributed by atoms with Crippen LogP contribution in [0.15, 0.2) is 42.7 Å². The van der Waals surface area contributed by atoms with E-state index in [9.17, 15) is 9.59 Å². The molecule has 3 N–H and O–H groups in total. The summed E-state index contributed by atoms with van der Waals surface area (Å²) in [4.78, 5) is 24.4. The minimum absolute atomic E-state index is 0. The second-order valence-electron chi connectivity index (χ2n) is 6.62. The highest BCUT2D eigenvalue weighted by atomic mass is 35.5. The number of carbonyl (C=O) groups is 2. The Hall–Kier alpha value is -2.38. The second kappa shape index (κ2) is 10.1. The van der Waals surface area contributed by atoms with Crippen LogP contribution in [0.5, 0.6) is 0 Å². The van der Waals surface area contributed by atoms with Crippen molar-refractivity contribution in [1.29, 1.82) is 0 Å². The van der Waals surface area contributed by atoms with Crippen molar-refractivity contribution >= 4 is 24.2 Å². The Morgan fingerprint density at radius 3 is 2.70 bits per heavy atom. The lowest BCUT2D eigenvalue weighted by molar-refractivity contribution is -0.125. The van der Waals surface area contributed by atoms with Gasteiger partial charge in [0.1, 0.15) is 0 Å². The summed E-state index contributed by atoms with van der Waals surface area (Å²) in [6.07, 6.45) is 4.04. The van der Waals surface area contributed by atoms with E-state index in [4.69, 9.17) is 0 Å². The lowest BCUT2D eigenvalue weighted by atomic mass is 9.90. The van der Waals surface area contributed by atoms with E-state index in [0.717, 1.165) is 17.7 Å². The van der Waals surface area contributed by atoms with Gasteiger partial charge >= 0.3 is 0 Å². The molecule has 0 saturated carbocycles. The number of aromatic nitrogens is 2. The van der Waals surface area contributed by atoms with Gasteiger partial charge in [-0.25, -0.2) is 0 Å². The standard InChI is InChI=1S/C19H25N5O2.ClH/c1-24-13-15(10-23-24)16-11-20-12-17(16)19(26)21-8-7-18(25)22-9-14-5-3-2-4-6-14;/h2-6,10,13,16-17,20H,7-9,11-12H2,1H3,(H,21,26)(H,22,25);1H/t16-,17+;/m1./s1. The first-order valence-corrected chi connectivity index (χ1v) is 8.91. The first-order chi connectivity index (χ1) is 12.6. The summed E-state index contributed by atoms with van der Waals surface area (Å²) in [5, 5.41) is 13.2. The third-order valence-electron chi connectivity index (χ3n) is 4.69. The SMILES string of the molecule is Cl.Cn1cc([C@H]2CNC[C@@H]2C(=O)NCCC(=O)NCc2ccccc2)cn1. The highest BCUT2D eigenvalue weighted by Crippen LogP contribution is 2.27. The third-order valence-corrected chi connectivity index (χ3v) is 4.69. The lowest BCUT2D eigenvalue weighted by Gasteiger charge is -2.17. The van der Waals surface area contributed by atoms with Crippen LogP contribution in [0.25, 0.3) is 0 Å². The maximum Gasteiger partial charge on any atom is 0.225 e. The van der Waals surface area contributed by atoms with E-state index in [1.165, 1.54) is 0 Å². The van der Waals surface area contributed by atoms with Crippen molar-refractivity contribution < 1.29 is 9.59 Å². The topological polar surface area (TPSA) is 88.0 Å². The van der Waals surface area contributed by atoms with Crippen LogP contribution in [0.3, 0.4) is 0 Å². The Labute approximate surface area is 165 Å². The van der Waals surface area contributed by atoms with Crippen molar-refractivity contribution in [2.45, 2.75) is 18.9 Å². The molecule has 1 saturated heterocycles. The number of nitrogens with one attached hydrogen (secondary N) is 3. The first kappa shape index (κ1) is 20.9. The lowest BCUT2D eigenvalue weighted by Crippen LogP contribution is -2.36. The molecule has 8 heteroatoms. The molecule has 7 nitrogen and oxygen atoms in total. The van der Waals surface area contributed by atoms with Gasteiger partial charge in [-0.2, -0.15) is 5.10 Å². The first-order valence-electron chi connectivity index (χ1n) is 8.91. The summed E-state index contributed by atoms with van der Waals surface area (Å²) in [6.45, 7) is 2.26. The molecule has 1 aromatic heterocycles. The number of hydrogen-bond donors (Lipinski definition) is 3. The van der Waals surface area contributed by atoms with Gasteiger partial charge in [-0.1, -0.05) is 30.3 Å². The summed E-state index contributed by atoms with van der Waals surface area (Å²) < 4.78 is 1.75. The Balaban J connectivity index is 0.00000261. The molecule has 1 fully saturated rings. The quantitative estimate of drug-likeness (QED) is 0.656. The van der Waals surface area contributed by atoms with Gasteiger partial charge in [0.15, 0.2) is 0 Å². The normalized spacial score (nSPS) is 18.6. The van der Waals surface area contributed by atoms with E-state index < -0.39 is 0 Å². The number of aryl methyl sites for hydroxylation is 1. The summed E-state index contributed by atoms with van der Waals surface area (Å²) >= 11 is 0. The summed E-state index contributed by atoms with van der Waals surface area (Å²) in [5.41, 5.74) is 2.12. The van der Waals surface area contributed by atoms with E-state index in [0.29, 0.717) is 19.6 Å². The van der Waals surface area contributed by atoms with E-state index in [-0.39, 0.29) is 42.5 Å². The van der Waals surface area contributed by atoms with Crippen molar-refractivity contribution in [1.82, 2.24) is 25.7 Å². The van der Waals surface area contributed by atoms with Gasteiger partial charge in [0.05, 0.1) is 12.1 Å². The third kappa shape index (κ3) is 5.80. The number of benzene rings is 1. The van der Waals surface area contributed by atoms with Gasteiger partial charge in [-0.15, -0.1) is 12.4 Å². The maximum atomic E-state index is 12.5. The van der Waals surface area contributed by atoms with Crippen molar-refractivity contribution in [2.75, 3.05) is 19.6 Å². The Bertz CT molecular complexity index is 750. The van der Waals surface area contributed by atoms with Crippen molar-refractivity contribution in [3.8, 4) is 0 Å². The average molecular weight is 392 g/mol. The fraction of sp³-hybridized carbons (Fsp3) is 0.421. The predicted molar refractivity (Wildman–Crippen MR) is 105 cm³/mol. The molecule has 0 unspecified atom stereocenters. The fourth-order valence-electron chi connectivity index (χ4n) is 3.25. The number of nitrogens with zero attached hydrogens (tertiary/aromatic N) is 2. The molecule has 27 heavy (non-hydrogen) atoms. The minimum atomic E-state index is -0.133. The van der Waals surface area contributed by atoms with Crippen LogP contribution in [0.2, 0.25) is 0 Å². The molecular formula is C19H26ClN5O2. The summed E-state index contributed by atoms with van der Waals surface area (Å²) in [6, 6.07) is 9.75.